The van der Waals surface area contributed by atoms with Gasteiger partial charge in [-0.25, -0.2) is 18.6 Å². The molecule has 0 aliphatic rings. The predicted octanol–water partition coefficient (Wildman–Crippen LogP) is 3.87. The molecular formula is C13H9BrF2N2O2. The van der Waals surface area contributed by atoms with Gasteiger partial charge in [-0.15, -0.1) is 0 Å². The molecule has 0 amide bonds. The van der Waals surface area contributed by atoms with E-state index < -0.39 is 17.6 Å². The van der Waals surface area contributed by atoms with Crippen LogP contribution in [-0.4, -0.2) is 16.1 Å². The number of nitrogens with zero attached hydrogens (tertiary/aromatic N) is 1. The number of benzene rings is 1. The number of carboxylic acid groups (broad SMARTS) is 1. The second-order valence-electron chi connectivity index (χ2n) is 4.01. The fourth-order valence-electron chi connectivity index (χ4n) is 1.61. The standard InChI is InChI=1S/C13H9BrF2N2O2/c1-6-7(13(19)20)2-3-12(17-6)18-11-4-8(14)9(15)5-10(11)16/h2-5H,1H3,(H,17,18)(H,19,20). The Labute approximate surface area is 121 Å². The molecule has 0 fully saturated rings. The highest BCUT2D eigenvalue weighted by Crippen LogP contribution is 2.26. The maximum absolute atomic E-state index is 13.6. The number of carbonyl (C=O) groups is 1. The molecule has 2 rings (SSSR count). The van der Waals surface area contributed by atoms with Gasteiger partial charge in [-0.3, -0.25) is 0 Å². The van der Waals surface area contributed by atoms with Crippen molar-refractivity contribution < 1.29 is 18.7 Å². The molecular weight excluding hydrogens is 334 g/mol. The molecule has 0 unspecified atom stereocenters. The van der Waals surface area contributed by atoms with E-state index in [0.717, 1.165) is 6.07 Å². The number of aromatic carboxylic acids is 1. The van der Waals surface area contributed by atoms with Gasteiger partial charge in [-0.05, 0) is 41.1 Å². The summed E-state index contributed by atoms with van der Waals surface area (Å²) in [6.07, 6.45) is 0. The van der Waals surface area contributed by atoms with Crippen molar-refractivity contribution in [3.63, 3.8) is 0 Å². The Kier molecular flexibility index (Phi) is 3.99. The zero-order valence-electron chi connectivity index (χ0n) is 10.2. The van der Waals surface area contributed by atoms with E-state index in [1.807, 2.05) is 0 Å². The van der Waals surface area contributed by atoms with E-state index in [4.69, 9.17) is 5.11 Å². The number of nitrogens with one attached hydrogen (secondary N) is 1. The lowest BCUT2D eigenvalue weighted by molar-refractivity contribution is 0.0695. The number of halogens is 3. The second kappa shape index (κ2) is 5.54. The quantitative estimate of drug-likeness (QED) is 0.831. The molecule has 1 aromatic heterocycles. The van der Waals surface area contributed by atoms with Gasteiger partial charge in [-0.1, -0.05) is 0 Å². The molecule has 0 bridgehead atoms. The van der Waals surface area contributed by atoms with E-state index in [2.05, 4.69) is 26.2 Å². The van der Waals surface area contributed by atoms with Crippen molar-refractivity contribution in [2.45, 2.75) is 6.92 Å². The Bertz CT molecular complexity index is 692. The van der Waals surface area contributed by atoms with Gasteiger partial charge < -0.3 is 10.4 Å². The van der Waals surface area contributed by atoms with E-state index in [1.54, 1.807) is 0 Å². The van der Waals surface area contributed by atoms with Crippen LogP contribution in [0.4, 0.5) is 20.3 Å². The Hall–Kier alpha value is -2.02. The Balaban J connectivity index is 2.33. The molecule has 104 valence electrons. The molecule has 20 heavy (non-hydrogen) atoms. The lowest BCUT2D eigenvalue weighted by Crippen LogP contribution is -2.04. The first kappa shape index (κ1) is 14.4. The summed E-state index contributed by atoms with van der Waals surface area (Å²) in [5, 5.41) is 11.6. The minimum atomic E-state index is -1.09. The summed E-state index contributed by atoms with van der Waals surface area (Å²) in [5.41, 5.74) is 0.397. The summed E-state index contributed by atoms with van der Waals surface area (Å²) in [4.78, 5) is 14.9. The fraction of sp³-hybridized carbons (Fsp3) is 0.0769. The number of hydrogen-bond acceptors (Lipinski definition) is 3. The topological polar surface area (TPSA) is 62.2 Å². The largest absolute Gasteiger partial charge is 0.478 e. The van der Waals surface area contributed by atoms with Gasteiger partial charge in [-0.2, -0.15) is 0 Å². The highest BCUT2D eigenvalue weighted by Gasteiger charge is 2.11. The Morgan fingerprint density at radius 1 is 1.30 bits per heavy atom. The molecule has 0 aliphatic heterocycles. The first-order valence-corrected chi connectivity index (χ1v) is 6.30. The van der Waals surface area contributed by atoms with Crippen molar-refractivity contribution in [3.8, 4) is 0 Å². The third kappa shape index (κ3) is 2.93. The van der Waals surface area contributed by atoms with Crippen LogP contribution in [0.5, 0.6) is 0 Å². The Morgan fingerprint density at radius 3 is 2.60 bits per heavy atom. The average molecular weight is 343 g/mol. The van der Waals surface area contributed by atoms with Crippen LogP contribution in [0.25, 0.3) is 0 Å². The van der Waals surface area contributed by atoms with Crippen LogP contribution in [0, 0.1) is 18.6 Å². The molecule has 2 N–H and O–H groups in total. The van der Waals surface area contributed by atoms with E-state index >= 15 is 0 Å². The number of aromatic nitrogens is 1. The monoisotopic (exact) mass is 342 g/mol. The first-order chi connectivity index (χ1) is 9.38. The van der Waals surface area contributed by atoms with Gasteiger partial charge in [0, 0.05) is 6.07 Å². The van der Waals surface area contributed by atoms with Crippen molar-refractivity contribution in [2.24, 2.45) is 0 Å². The maximum Gasteiger partial charge on any atom is 0.337 e. The molecule has 0 atom stereocenters. The van der Waals surface area contributed by atoms with Gasteiger partial charge in [0.1, 0.15) is 17.5 Å². The number of anilines is 2. The third-order valence-corrected chi connectivity index (χ3v) is 3.20. The van der Waals surface area contributed by atoms with Crippen LogP contribution in [0.15, 0.2) is 28.7 Å². The SMILES string of the molecule is Cc1nc(Nc2cc(Br)c(F)cc2F)ccc1C(=O)O. The minimum Gasteiger partial charge on any atom is -0.478 e. The molecule has 0 saturated carbocycles. The lowest BCUT2D eigenvalue weighted by atomic mass is 10.2. The van der Waals surface area contributed by atoms with Crippen molar-refractivity contribution in [1.82, 2.24) is 4.98 Å². The molecule has 4 nitrogen and oxygen atoms in total. The third-order valence-electron chi connectivity index (χ3n) is 2.59. The van der Waals surface area contributed by atoms with E-state index in [0.29, 0.717) is 5.69 Å². The summed E-state index contributed by atoms with van der Waals surface area (Å²) in [7, 11) is 0. The predicted molar refractivity (Wildman–Crippen MR) is 73.3 cm³/mol. The molecule has 2 aromatic rings. The molecule has 0 saturated heterocycles. The number of aryl methyl sites for hydroxylation is 1. The van der Waals surface area contributed by atoms with Crippen LogP contribution < -0.4 is 5.32 Å². The van der Waals surface area contributed by atoms with Crippen LogP contribution in [0.3, 0.4) is 0 Å². The lowest BCUT2D eigenvalue weighted by Gasteiger charge is -2.09. The normalized spacial score (nSPS) is 10.4. The number of hydrogen-bond donors (Lipinski definition) is 2. The summed E-state index contributed by atoms with van der Waals surface area (Å²) in [6, 6.07) is 4.76. The summed E-state index contributed by atoms with van der Waals surface area (Å²) < 4.78 is 26.8. The van der Waals surface area contributed by atoms with Gasteiger partial charge in [0.15, 0.2) is 0 Å². The van der Waals surface area contributed by atoms with E-state index in [-0.39, 0.29) is 21.5 Å². The molecule has 0 radical (unpaired) electrons. The minimum absolute atomic E-state index is 0.0354. The number of carboxylic acids is 1. The van der Waals surface area contributed by atoms with Crippen LogP contribution in [0.1, 0.15) is 16.1 Å². The van der Waals surface area contributed by atoms with E-state index in [1.165, 1.54) is 25.1 Å². The van der Waals surface area contributed by atoms with Crippen molar-refractivity contribution in [2.75, 3.05) is 5.32 Å². The Morgan fingerprint density at radius 2 is 2.00 bits per heavy atom. The number of rotatable bonds is 3. The summed E-state index contributed by atoms with van der Waals surface area (Å²) in [5.74, 6) is -2.30. The van der Waals surface area contributed by atoms with Crippen molar-refractivity contribution >= 4 is 33.4 Å². The summed E-state index contributed by atoms with van der Waals surface area (Å²) >= 11 is 2.96. The van der Waals surface area contributed by atoms with Crippen molar-refractivity contribution in [1.29, 1.82) is 0 Å². The second-order valence-corrected chi connectivity index (χ2v) is 4.86. The van der Waals surface area contributed by atoms with Crippen LogP contribution in [0.2, 0.25) is 0 Å². The summed E-state index contributed by atoms with van der Waals surface area (Å²) in [6.45, 7) is 1.53. The maximum atomic E-state index is 13.6. The van der Waals surface area contributed by atoms with Gasteiger partial charge in [0.2, 0.25) is 0 Å². The van der Waals surface area contributed by atoms with Gasteiger partial charge >= 0.3 is 5.97 Å². The molecule has 0 spiro atoms. The highest BCUT2D eigenvalue weighted by atomic mass is 79.9. The first-order valence-electron chi connectivity index (χ1n) is 5.51. The molecule has 0 aliphatic carbocycles. The average Bonchev–Trinajstić information content (AvgIpc) is 2.35. The smallest absolute Gasteiger partial charge is 0.337 e. The van der Waals surface area contributed by atoms with Gasteiger partial charge in [0.25, 0.3) is 0 Å². The molecule has 1 aromatic carbocycles. The van der Waals surface area contributed by atoms with Crippen molar-refractivity contribution in [3.05, 3.63) is 51.6 Å². The fourth-order valence-corrected chi connectivity index (χ4v) is 1.96. The molecule has 7 heteroatoms. The zero-order valence-corrected chi connectivity index (χ0v) is 11.8. The molecule has 1 heterocycles. The van der Waals surface area contributed by atoms with Crippen LogP contribution >= 0.6 is 15.9 Å². The van der Waals surface area contributed by atoms with Crippen LogP contribution in [-0.2, 0) is 0 Å². The number of pyridine rings is 1. The van der Waals surface area contributed by atoms with Gasteiger partial charge in [0.05, 0.1) is 21.4 Å². The zero-order chi connectivity index (χ0) is 14.9. The highest BCUT2D eigenvalue weighted by molar-refractivity contribution is 9.10. The van der Waals surface area contributed by atoms with E-state index in [9.17, 15) is 13.6 Å².